The SMILES string of the molecule is CCCCCCCCCCCC(=O)OC[C@H](F)C1OC(OP(=O)(O)OP(O)(=S)OC[C@H]2O[C@@H](n3cnc4c(NC(c5ccccc5)(c5ccccc5)c5ccccc5)ncnc43)[C@@H]3OC(C)(C)O[C@@H]32)C(OC(C)=O)C(OC(C)=O)C1OC(C)=O. The van der Waals surface area contributed by atoms with Gasteiger partial charge in [0.2, 0.25) is 6.29 Å². The molecule has 0 saturated carbocycles. The summed E-state index contributed by atoms with van der Waals surface area (Å²) in [6.45, 7) is 1.82. The van der Waals surface area contributed by atoms with E-state index in [1.54, 1.807) is 18.4 Å². The number of esters is 4. The van der Waals surface area contributed by atoms with Crippen molar-refractivity contribution in [2.45, 2.75) is 178 Å². The molecule has 3 aliphatic rings. The van der Waals surface area contributed by atoms with E-state index >= 15 is 4.39 Å². The van der Waals surface area contributed by atoms with E-state index in [4.69, 9.17) is 73.0 Å². The third-order valence-corrected chi connectivity index (χ3v) is 17.7. The van der Waals surface area contributed by atoms with E-state index in [2.05, 4.69) is 17.2 Å². The maximum Gasteiger partial charge on any atom is 0.481 e. The van der Waals surface area contributed by atoms with Crippen LogP contribution in [0.2, 0.25) is 0 Å². The van der Waals surface area contributed by atoms with Crippen molar-refractivity contribution in [3.63, 3.8) is 0 Å². The third-order valence-electron chi connectivity index (χ3n) is 14.2. The smallest absolute Gasteiger partial charge is 0.462 e. The van der Waals surface area contributed by atoms with E-state index < -0.39 is 124 Å². The first-order valence-electron chi connectivity index (χ1n) is 27.9. The first-order chi connectivity index (χ1) is 40.1. The zero-order valence-corrected chi connectivity index (χ0v) is 50.1. The van der Waals surface area contributed by atoms with E-state index in [-0.39, 0.29) is 6.42 Å². The maximum atomic E-state index is 16.4. The number of aromatic nitrogens is 4. The van der Waals surface area contributed by atoms with Gasteiger partial charge in [-0.2, -0.15) is 0 Å². The van der Waals surface area contributed by atoms with E-state index in [0.717, 1.165) is 76.0 Å². The van der Waals surface area contributed by atoms with Crippen molar-refractivity contribution in [3.8, 4) is 0 Å². The number of fused-ring (bicyclic) bond motifs is 2. The number of unbranched alkanes of at least 4 members (excludes halogenated alkanes) is 8. The van der Waals surface area contributed by atoms with Gasteiger partial charge < -0.3 is 57.5 Å². The minimum atomic E-state index is -5.78. The highest BCUT2D eigenvalue weighted by atomic mass is 32.5. The molecular weight excluding hydrogens is 1160 g/mol. The molecular formula is C57H72FN5O18P2S. The second-order valence-corrected chi connectivity index (χ2v) is 25.4. The molecule has 23 nitrogen and oxygen atoms in total. The van der Waals surface area contributed by atoms with Crippen LogP contribution in [0.15, 0.2) is 104 Å². The average Bonchev–Trinajstić information content (AvgIpc) is 2.12. The van der Waals surface area contributed by atoms with E-state index in [0.29, 0.717) is 23.4 Å². The Balaban J connectivity index is 0.975. The fraction of sp³-hybridized carbons (Fsp3) is 0.526. The van der Waals surface area contributed by atoms with Crippen molar-refractivity contribution in [3.05, 3.63) is 120 Å². The number of carbonyl (C=O) groups is 4. The summed E-state index contributed by atoms with van der Waals surface area (Å²) in [6.07, 6.45) is -4.89. The zero-order chi connectivity index (χ0) is 60.2. The number of anilines is 1. The normalized spacial score (nSPS) is 24.7. The van der Waals surface area contributed by atoms with Crippen molar-refractivity contribution in [2.24, 2.45) is 0 Å². The minimum Gasteiger partial charge on any atom is -0.462 e. The topological polar surface area (TPSA) is 283 Å². The van der Waals surface area contributed by atoms with Crippen LogP contribution in [-0.2, 0) is 92.3 Å². The molecule has 2 aromatic heterocycles. The number of nitrogens with zero attached hydrogens (tertiary/aromatic N) is 4. The van der Waals surface area contributed by atoms with Gasteiger partial charge in [0.15, 0.2) is 53.5 Å². The Hall–Kier alpha value is -5.66. The van der Waals surface area contributed by atoms with Crippen LogP contribution >= 0.6 is 14.5 Å². The van der Waals surface area contributed by atoms with Crippen LogP contribution in [-0.4, -0.2) is 127 Å². The van der Waals surface area contributed by atoms with Crippen molar-refractivity contribution < 1.29 is 89.2 Å². The second kappa shape index (κ2) is 28.7. The standard InChI is InChI=1S/C57H72FN5O18P2S/c1-7-8-9-10-11-12-13-14-24-31-44(67)71-32-42(58)46-48(73-36(2)64)49(74-37(3)65)51(75-38(4)66)55(77-46)80-82(68,69)81-83(70,84)72-33-43-47-50(79-56(5,6)78-47)54(76-43)63-35-61-45-52(59-34-60-53(45)63)62-57(39-25-18-15-19-26-39,40-27-20-16-21-28-40)41-29-22-17-23-30-41/h15-23,25-30,34-35,42-43,46-51,54-55H,7-14,24,31-33H2,1-6H3,(H,68,69)(H,70,84)(H,59,60,62)/t42-,43+,46?,47+,48?,49?,50+,51?,54+,55?,83?/m0/s1. The first kappa shape index (κ1) is 64.3. The van der Waals surface area contributed by atoms with Gasteiger partial charge in [0, 0.05) is 27.2 Å². The lowest BCUT2D eigenvalue weighted by molar-refractivity contribution is -0.296. The van der Waals surface area contributed by atoms with Gasteiger partial charge in [0.05, 0.1) is 12.9 Å². The predicted molar refractivity (Wildman–Crippen MR) is 303 cm³/mol. The van der Waals surface area contributed by atoms with E-state index in [9.17, 15) is 33.5 Å². The Morgan fingerprint density at radius 1 is 0.750 bits per heavy atom. The Kier molecular flexibility index (Phi) is 22.0. The fourth-order valence-electron chi connectivity index (χ4n) is 10.7. The Labute approximate surface area is 491 Å². The number of carbonyl (C=O) groups excluding carboxylic acids is 4. The number of imidazole rings is 1. The van der Waals surface area contributed by atoms with Crippen molar-refractivity contribution in [1.82, 2.24) is 19.5 Å². The quantitative estimate of drug-likeness (QED) is 0.0132. The Bertz CT molecular complexity index is 3020. The summed E-state index contributed by atoms with van der Waals surface area (Å²) in [6, 6.07) is 29.7. The Morgan fingerprint density at radius 2 is 1.29 bits per heavy atom. The molecule has 0 aliphatic carbocycles. The molecule has 27 heteroatoms. The third kappa shape index (κ3) is 16.2. The summed E-state index contributed by atoms with van der Waals surface area (Å²) in [5.41, 5.74) is 2.48. The molecule has 5 heterocycles. The number of benzene rings is 3. The summed E-state index contributed by atoms with van der Waals surface area (Å²) in [5.74, 6) is -4.70. The van der Waals surface area contributed by atoms with Crippen molar-refractivity contribution >= 4 is 67.2 Å². The molecule has 0 radical (unpaired) electrons. The van der Waals surface area contributed by atoms with Gasteiger partial charge in [0.25, 0.3) is 0 Å². The van der Waals surface area contributed by atoms with E-state index in [1.165, 1.54) is 25.5 Å². The number of nitrogens with one attached hydrogen (secondary N) is 1. The summed E-state index contributed by atoms with van der Waals surface area (Å²) < 4.78 is 94.2. The lowest BCUT2D eigenvalue weighted by Crippen LogP contribution is -2.64. The molecule has 3 fully saturated rings. The first-order valence-corrected chi connectivity index (χ1v) is 32.0. The van der Waals surface area contributed by atoms with Crippen LogP contribution in [0, 0.1) is 0 Å². The van der Waals surface area contributed by atoms with Gasteiger partial charge in [-0.25, -0.2) is 28.2 Å². The fourth-order valence-corrected chi connectivity index (χ4v) is 13.8. The molecule has 12 atom stereocenters. The van der Waals surface area contributed by atoms with Crippen molar-refractivity contribution in [1.29, 1.82) is 0 Å². The number of alkyl halides is 1. The molecule has 5 aromatic rings. The van der Waals surface area contributed by atoms with Gasteiger partial charge in [-0.15, -0.1) is 0 Å². The van der Waals surface area contributed by atoms with Gasteiger partial charge >= 0.3 is 38.4 Å². The maximum absolute atomic E-state index is 16.4. The molecule has 3 N–H and O–H groups in total. The number of phosphoric ester groups is 1. The molecule has 0 bridgehead atoms. The molecule has 8 rings (SSSR count). The number of rotatable bonds is 29. The number of halogens is 1. The molecule has 0 amide bonds. The molecule has 3 saturated heterocycles. The summed E-state index contributed by atoms with van der Waals surface area (Å²) in [5, 5.41) is 3.75. The number of hydrogen-bond acceptors (Lipinski definition) is 21. The van der Waals surface area contributed by atoms with E-state index in [1.807, 2.05) is 91.0 Å². The highest BCUT2D eigenvalue weighted by Crippen LogP contribution is 2.62. The van der Waals surface area contributed by atoms with Crippen LogP contribution < -0.4 is 5.32 Å². The summed E-state index contributed by atoms with van der Waals surface area (Å²) in [7, 11) is -5.78. The summed E-state index contributed by atoms with van der Waals surface area (Å²) >= 11 is 5.22. The predicted octanol–water partition coefficient (Wildman–Crippen LogP) is 9.34. The van der Waals surface area contributed by atoms with Crippen LogP contribution in [0.1, 0.15) is 129 Å². The van der Waals surface area contributed by atoms with Gasteiger partial charge in [0.1, 0.15) is 42.9 Å². The van der Waals surface area contributed by atoms with Gasteiger partial charge in [-0.1, -0.05) is 149 Å². The molecule has 84 heavy (non-hydrogen) atoms. The van der Waals surface area contributed by atoms with Gasteiger partial charge in [-0.3, -0.25) is 28.3 Å². The molecule has 3 aliphatic heterocycles. The zero-order valence-electron chi connectivity index (χ0n) is 47.5. The molecule has 7 unspecified atom stereocenters. The van der Waals surface area contributed by atoms with Gasteiger partial charge in [-0.05, 0) is 48.8 Å². The Morgan fingerprint density at radius 3 is 1.86 bits per heavy atom. The van der Waals surface area contributed by atoms with Crippen molar-refractivity contribution in [2.75, 3.05) is 18.5 Å². The molecule has 3 aromatic carbocycles. The number of hydrogen-bond donors (Lipinski definition) is 3. The number of phosphoric acid groups is 1. The second-order valence-electron chi connectivity index (χ2n) is 21.0. The van der Waals surface area contributed by atoms with Crippen LogP contribution in [0.25, 0.3) is 11.2 Å². The number of ether oxygens (including phenoxy) is 8. The highest BCUT2D eigenvalue weighted by molar-refractivity contribution is 8.08. The molecule has 0 spiro atoms. The average molecular weight is 1230 g/mol. The minimum absolute atomic E-state index is 0.0243. The lowest BCUT2D eigenvalue weighted by Gasteiger charge is -2.45. The lowest BCUT2D eigenvalue weighted by atomic mass is 9.77. The van der Waals surface area contributed by atoms with Crippen LogP contribution in [0.5, 0.6) is 0 Å². The molecule has 456 valence electrons. The largest absolute Gasteiger partial charge is 0.481 e. The van der Waals surface area contributed by atoms with Crippen LogP contribution in [0.4, 0.5) is 10.2 Å². The summed E-state index contributed by atoms with van der Waals surface area (Å²) in [4.78, 5) is 87.0. The highest BCUT2D eigenvalue weighted by Gasteiger charge is 2.59. The van der Waals surface area contributed by atoms with Crippen LogP contribution in [0.3, 0.4) is 0 Å². The monoisotopic (exact) mass is 1230 g/mol.